The summed E-state index contributed by atoms with van der Waals surface area (Å²) >= 11 is 5.77. The minimum Gasteiger partial charge on any atom is -0.454 e. The van der Waals surface area contributed by atoms with Gasteiger partial charge in [-0.05, 0) is 30.2 Å². The average molecular weight is 432 g/mol. The summed E-state index contributed by atoms with van der Waals surface area (Å²) in [4.78, 5) is 39.6. The van der Waals surface area contributed by atoms with Gasteiger partial charge >= 0.3 is 5.97 Å². The van der Waals surface area contributed by atoms with Crippen LogP contribution in [0.4, 0.5) is 5.69 Å². The van der Waals surface area contributed by atoms with Crippen molar-refractivity contribution in [3.63, 3.8) is 0 Å². The molecule has 9 nitrogen and oxygen atoms in total. The summed E-state index contributed by atoms with van der Waals surface area (Å²) in [5.41, 5.74) is 0.815. The van der Waals surface area contributed by atoms with E-state index in [1.165, 1.54) is 12.1 Å². The highest BCUT2D eigenvalue weighted by Gasteiger charge is 2.27. The zero-order chi connectivity index (χ0) is 21.8. The van der Waals surface area contributed by atoms with Crippen molar-refractivity contribution >= 4 is 40.3 Å². The van der Waals surface area contributed by atoms with E-state index in [9.17, 15) is 19.7 Å². The fourth-order valence-corrected chi connectivity index (χ4v) is 2.91. The van der Waals surface area contributed by atoms with Crippen LogP contribution in [0.1, 0.15) is 30.1 Å². The van der Waals surface area contributed by atoms with Gasteiger partial charge in [0.25, 0.3) is 11.6 Å². The molecule has 10 heteroatoms. The van der Waals surface area contributed by atoms with E-state index in [2.05, 4.69) is 10.3 Å². The summed E-state index contributed by atoms with van der Waals surface area (Å²) in [5, 5.41) is 13.5. The molecule has 0 radical (unpaired) electrons. The van der Waals surface area contributed by atoms with E-state index in [-0.39, 0.29) is 29.0 Å². The van der Waals surface area contributed by atoms with Crippen LogP contribution in [-0.4, -0.2) is 27.8 Å². The molecule has 0 saturated carbocycles. The van der Waals surface area contributed by atoms with Crippen molar-refractivity contribution in [2.75, 3.05) is 0 Å². The third-order valence-electron chi connectivity index (χ3n) is 4.29. The monoisotopic (exact) mass is 431 g/mol. The van der Waals surface area contributed by atoms with Gasteiger partial charge in [0.1, 0.15) is 16.6 Å². The summed E-state index contributed by atoms with van der Waals surface area (Å²) in [6.45, 7) is 3.27. The maximum atomic E-state index is 12.5. The van der Waals surface area contributed by atoms with Gasteiger partial charge in [-0.1, -0.05) is 37.6 Å². The van der Waals surface area contributed by atoms with Crippen molar-refractivity contribution < 1.29 is 23.7 Å². The SMILES string of the molecule is CC(C)[C@H](NC(=O)c1ccc(Cl)c([N+](=O)[O-])c1)C(=O)OCc1nc2ccccc2o1. The summed E-state index contributed by atoms with van der Waals surface area (Å²) in [6, 6.07) is 9.80. The highest BCUT2D eigenvalue weighted by atomic mass is 35.5. The summed E-state index contributed by atoms with van der Waals surface area (Å²) in [5.74, 6) is -1.41. The zero-order valence-corrected chi connectivity index (χ0v) is 16.9. The largest absolute Gasteiger partial charge is 0.454 e. The summed E-state index contributed by atoms with van der Waals surface area (Å²) in [6.07, 6.45) is 0. The summed E-state index contributed by atoms with van der Waals surface area (Å²) in [7, 11) is 0. The van der Waals surface area contributed by atoms with Gasteiger partial charge in [-0.2, -0.15) is 0 Å². The topological polar surface area (TPSA) is 125 Å². The number of benzene rings is 2. The lowest BCUT2D eigenvalue weighted by atomic mass is 10.0. The van der Waals surface area contributed by atoms with Gasteiger partial charge in [-0.15, -0.1) is 0 Å². The first kappa shape index (κ1) is 21.3. The molecule has 0 aliphatic rings. The predicted octanol–water partition coefficient (Wildman–Crippen LogP) is 3.89. The average Bonchev–Trinajstić information content (AvgIpc) is 3.13. The second kappa shape index (κ2) is 8.91. The lowest BCUT2D eigenvalue weighted by molar-refractivity contribution is -0.384. The summed E-state index contributed by atoms with van der Waals surface area (Å²) < 4.78 is 10.8. The Kier molecular flexibility index (Phi) is 6.31. The van der Waals surface area contributed by atoms with Crippen LogP contribution in [0.2, 0.25) is 5.02 Å². The van der Waals surface area contributed by atoms with E-state index in [1.54, 1.807) is 32.0 Å². The molecule has 0 saturated heterocycles. The Morgan fingerprint density at radius 3 is 2.67 bits per heavy atom. The van der Waals surface area contributed by atoms with E-state index < -0.39 is 28.5 Å². The molecule has 156 valence electrons. The van der Waals surface area contributed by atoms with E-state index in [4.69, 9.17) is 20.8 Å². The lowest BCUT2D eigenvalue weighted by Gasteiger charge is -2.20. The Balaban J connectivity index is 1.68. The van der Waals surface area contributed by atoms with Gasteiger partial charge in [-0.3, -0.25) is 14.9 Å². The number of nitro benzene ring substituents is 1. The lowest BCUT2D eigenvalue weighted by Crippen LogP contribution is -2.45. The number of carbonyl (C=O) groups is 2. The molecule has 0 bridgehead atoms. The maximum Gasteiger partial charge on any atom is 0.329 e. The van der Waals surface area contributed by atoms with Crippen LogP contribution in [0.5, 0.6) is 0 Å². The van der Waals surface area contributed by atoms with E-state index in [0.29, 0.717) is 11.1 Å². The molecular weight excluding hydrogens is 414 g/mol. The third kappa shape index (κ3) is 4.74. The molecule has 1 heterocycles. The highest BCUT2D eigenvalue weighted by Crippen LogP contribution is 2.25. The number of nitrogens with one attached hydrogen (secondary N) is 1. The highest BCUT2D eigenvalue weighted by molar-refractivity contribution is 6.32. The van der Waals surface area contributed by atoms with Crippen molar-refractivity contribution in [1.82, 2.24) is 10.3 Å². The molecular formula is C20H18ClN3O6. The van der Waals surface area contributed by atoms with Crippen LogP contribution in [0.15, 0.2) is 46.9 Å². The molecule has 3 aromatic rings. The normalized spacial score (nSPS) is 12.0. The minimum absolute atomic E-state index is 0.00324. The molecule has 2 aromatic carbocycles. The van der Waals surface area contributed by atoms with Crippen LogP contribution in [0.3, 0.4) is 0 Å². The van der Waals surface area contributed by atoms with Crippen LogP contribution >= 0.6 is 11.6 Å². The Bertz CT molecular complexity index is 1080. The van der Waals surface area contributed by atoms with Crippen LogP contribution in [0.25, 0.3) is 11.1 Å². The van der Waals surface area contributed by atoms with E-state index in [1.807, 2.05) is 6.07 Å². The van der Waals surface area contributed by atoms with Crippen LogP contribution in [0, 0.1) is 16.0 Å². The first-order valence-electron chi connectivity index (χ1n) is 9.02. The minimum atomic E-state index is -0.975. The fourth-order valence-electron chi connectivity index (χ4n) is 2.72. The van der Waals surface area contributed by atoms with Gasteiger partial charge in [0, 0.05) is 11.6 Å². The zero-order valence-electron chi connectivity index (χ0n) is 16.1. The number of ether oxygens (including phenoxy) is 1. The van der Waals surface area contributed by atoms with Gasteiger partial charge in [0.2, 0.25) is 5.89 Å². The molecule has 1 aromatic heterocycles. The molecule has 0 aliphatic carbocycles. The number of oxazole rings is 1. The number of para-hydroxylation sites is 2. The van der Waals surface area contributed by atoms with E-state index in [0.717, 1.165) is 6.07 Å². The van der Waals surface area contributed by atoms with Crippen molar-refractivity contribution in [3.8, 4) is 0 Å². The number of esters is 1. The standard InChI is InChI=1S/C20H18ClN3O6/c1-11(2)18(23-19(25)12-7-8-13(21)15(9-12)24(27)28)20(26)29-10-17-22-14-5-3-4-6-16(14)30-17/h3-9,11,18H,10H2,1-2H3,(H,23,25)/t18-/m0/s1. The molecule has 1 atom stereocenters. The number of hydrogen-bond donors (Lipinski definition) is 1. The molecule has 30 heavy (non-hydrogen) atoms. The number of aromatic nitrogens is 1. The van der Waals surface area contributed by atoms with Crippen LogP contribution < -0.4 is 5.32 Å². The smallest absolute Gasteiger partial charge is 0.329 e. The van der Waals surface area contributed by atoms with Crippen LogP contribution in [-0.2, 0) is 16.1 Å². The number of carbonyl (C=O) groups excluding carboxylic acids is 2. The Hall–Kier alpha value is -3.46. The molecule has 1 N–H and O–H groups in total. The van der Waals surface area contributed by atoms with Gasteiger partial charge in [-0.25, -0.2) is 9.78 Å². The van der Waals surface area contributed by atoms with Crippen molar-refractivity contribution in [1.29, 1.82) is 0 Å². The number of nitro groups is 1. The number of nitrogens with zero attached hydrogens (tertiary/aromatic N) is 2. The van der Waals surface area contributed by atoms with Gasteiger partial charge in [0.05, 0.1) is 4.92 Å². The third-order valence-corrected chi connectivity index (χ3v) is 4.61. The van der Waals surface area contributed by atoms with Gasteiger partial charge in [0.15, 0.2) is 12.2 Å². The van der Waals surface area contributed by atoms with Crippen molar-refractivity contribution in [2.24, 2.45) is 5.92 Å². The number of amides is 1. The molecule has 0 aliphatic heterocycles. The molecule has 0 spiro atoms. The fraction of sp³-hybridized carbons (Fsp3) is 0.250. The first-order chi connectivity index (χ1) is 14.3. The number of halogens is 1. The number of fused-ring (bicyclic) bond motifs is 1. The van der Waals surface area contributed by atoms with Crippen molar-refractivity contribution in [3.05, 3.63) is 69.1 Å². The van der Waals surface area contributed by atoms with E-state index >= 15 is 0 Å². The maximum absolute atomic E-state index is 12.5. The quantitative estimate of drug-likeness (QED) is 0.341. The second-order valence-corrected chi connectivity index (χ2v) is 7.21. The Morgan fingerprint density at radius 2 is 2.00 bits per heavy atom. The number of rotatable bonds is 7. The molecule has 0 fully saturated rings. The van der Waals surface area contributed by atoms with Gasteiger partial charge < -0.3 is 14.5 Å². The first-order valence-corrected chi connectivity index (χ1v) is 9.40. The second-order valence-electron chi connectivity index (χ2n) is 6.80. The Labute approximate surface area is 176 Å². The number of hydrogen-bond acceptors (Lipinski definition) is 7. The molecule has 1 amide bonds. The van der Waals surface area contributed by atoms with Crippen molar-refractivity contribution in [2.45, 2.75) is 26.5 Å². The Morgan fingerprint density at radius 1 is 1.27 bits per heavy atom. The molecule has 0 unspecified atom stereocenters. The predicted molar refractivity (Wildman–Crippen MR) is 108 cm³/mol. The molecule has 3 rings (SSSR count).